The van der Waals surface area contributed by atoms with Gasteiger partial charge in [0.15, 0.2) is 0 Å². The Morgan fingerprint density at radius 1 is 1.19 bits per heavy atom. The molecule has 0 aliphatic rings. The van der Waals surface area contributed by atoms with E-state index < -0.39 is 17.8 Å². The molecule has 0 radical (unpaired) electrons. The number of carbonyl (C=O) groups excluding carboxylic acids is 3. The Morgan fingerprint density at radius 2 is 2.00 bits per heavy atom. The van der Waals surface area contributed by atoms with Crippen molar-refractivity contribution in [3.63, 3.8) is 0 Å². The predicted octanol–water partition coefficient (Wildman–Crippen LogP) is 2.22. The van der Waals surface area contributed by atoms with Crippen molar-refractivity contribution in [3.05, 3.63) is 48.0 Å². The number of aromatic amines is 1. The molecule has 8 heteroatoms. The van der Waals surface area contributed by atoms with E-state index in [1.807, 2.05) is 6.07 Å². The molecule has 138 valence electrons. The summed E-state index contributed by atoms with van der Waals surface area (Å²) >= 11 is 0. The van der Waals surface area contributed by atoms with Crippen LogP contribution in [-0.4, -0.2) is 34.6 Å². The Morgan fingerprint density at radius 3 is 2.74 bits per heavy atom. The Labute approximate surface area is 154 Å². The van der Waals surface area contributed by atoms with Gasteiger partial charge in [-0.15, -0.1) is 0 Å². The first-order valence-corrected chi connectivity index (χ1v) is 8.31. The molecule has 0 aliphatic heterocycles. The van der Waals surface area contributed by atoms with Crippen LogP contribution in [0.25, 0.3) is 22.2 Å². The topological polar surface area (TPSA) is 127 Å². The number of amides is 2. The number of benzene rings is 2. The Balaban J connectivity index is 1.86. The zero-order valence-electron chi connectivity index (χ0n) is 14.6. The molecule has 27 heavy (non-hydrogen) atoms. The van der Waals surface area contributed by atoms with Crippen molar-refractivity contribution >= 4 is 34.4 Å². The number of carbonyl (C=O) groups is 3. The third-order valence-electron chi connectivity index (χ3n) is 3.88. The quantitative estimate of drug-likeness (QED) is 0.455. The highest BCUT2D eigenvalue weighted by molar-refractivity contribution is 6.03. The van der Waals surface area contributed by atoms with Crippen LogP contribution < -0.4 is 11.1 Å². The Bertz CT molecular complexity index is 1030. The summed E-state index contributed by atoms with van der Waals surface area (Å²) in [7, 11) is 0. The van der Waals surface area contributed by atoms with Crippen LogP contribution in [0, 0.1) is 0 Å². The van der Waals surface area contributed by atoms with Crippen molar-refractivity contribution in [2.24, 2.45) is 5.73 Å². The average molecular weight is 366 g/mol. The number of ether oxygens (including phenoxy) is 1. The molecule has 3 rings (SSSR count). The van der Waals surface area contributed by atoms with Gasteiger partial charge in [-0.25, -0.2) is 0 Å². The van der Waals surface area contributed by atoms with Gasteiger partial charge in [-0.05, 0) is 37.3 Å². The molecule has 8 nitrogen and oxygen atoms in total. The van der Waals surface area contributed by atoms with E-state index in [9.17, 15) is 14.4 Å². The second kappa shape index (κ2) is 7.69. The number of hydrogen-bond donors (Lipinski definition) is 3. The molecule has 0 atom stereocenters. The predicted molar refractivity (Wildman–Crippen MR) is 99.9 cm³/mol. The summed E-state index contributed by atoms with van der Waals surface area (Å²) in [5.74, 6) is -1.57. The van der Waals surface area contributed by atoms with Crippen LogP contribution in [0.4, 0.5) is 5.69 Å². The molecule has 0 aliphatic carbocycles. The molecule has 0 saturated carbocycles. The van der Waals surface area contributed by atoms with E-state index >= 15 is 0 Å². The zero-order chi connectivity index (χ0) is 19.4. The molecule has 0 fully saturated rings. The first-order chi connectivity index (χ1) is 13.0. The van der Waals surface area contributed by atoms with E-state index in [0.717, 1.165) is 16.5 Å². The summed E-state index contributed by atoms with van der Waals surface area (Å²) in [4.78, 5) is 34.8. The van der Waals surface area contributed by atoms with Gasteiger partial charge in [0.1, 0.15) is 6.42 Å². The minimum atomic E-state index is -0.580. The first-order valence-electron chi connectivity index (χ1n) is 8.31. The highest BCUT2D eigenvalue weighted by atomic mass is 16.5. The SMILES string of the molecule is CCOC(=O)CC(=O)Nc1cccc(-c2n[nH]c3ccc(C(N)=O)cc23)c1. The molecule has 0 saturated heterocycles. The van der Waals surface area contributed by atoms with Gasteiger partial charge >= 0.3 is 5.97 Å². The van der Waals surface area contributed by atoms with Crippen molar-refractivity contribution in [1.82, 2.24) is 10.2 Å². The average Bonchev–Trinajstić information content (AvgIpc) is 3.05. The molecule has 3 aromatic rings. The zero-order valence-corrected chi connectivity index (χ0v) is 14.6. The molecule has 0 unspecified atom stereocenters. The minimum Gasteiger partial charge on any atom is -0.466 e. The fourth-order valence-electron chi connectivity index (χ4n) is 2.68. The summed E-state index contributed by atoms with van der Waals surface area (Å²) in [5, 5.41) is 10.6. The molecule has 2 amide bonds. The van der Waals surface area contributed by atoms with Crippen molar-refractivity contribution in [1.29, 1.82) is 0 Å². The normalized spacial score (nSPS) is 10.6. The van der Waals surface area contributed by atoms with Gasteiger partial charge < -0.3 is 15.8 Å². The number of nitrogens with zero attached hydrogens (tertiary/aromatic N) is 1. The smallest absolute Gasteiger partial charge is 0.315 e. The molecular formula is C19H18N4O4. The molecule has 0 spiro atoms. The number of anilines is 1. The molecular weight excluding hydrogens is 348 g/mol. The van der Waals surface area contributed by atoms with E-state index in [1.54, 1.807) is 43.3 Å². The lowest BCUT2D eigenvalue weighted by Crippen LogP contribution is -2.18. The van der Waals surface area contributed by atoms with Crippen LogP contribution in [0.2, 0.25) is 0 Å². The molecule has 1 heterocycles. The highest BCUT2D eigenvalue weighted by Gasteiger charge is 2.13. The molecule has 0 bridgehead atoms. The van der Waals surface area contributed by atoms with Gasteiger partial charge in [-0.2, -0.15) is 5.10 Å². The number of aromatic nitrogens is 2. The molecule has 4 N–H and O–H groups in total. The van der Waals surface area contributed by atoms with E-state index in [0.29, 0.717) is 16.9 Å². The monoisotopic (exact) mass is 366 g/mol. The fraction of sp³-hybridized carbons (Fsp3) is 0.158. The lowest BCUT2D eigenvalue weighted by molar-refractivity contribution is -0.145. The van der Waals surface area contributed by atoms with Gasteiger partial charge in [0, 0.05) is 22.2 Å². The second-order valence-electron chi connectivity index (χ2n) is 5.81. The van der Waals surface area contributed by atoms with Crippen molar-refractivity contribution in [3.8, 4) is 11.3 Å². The van der Waals surface area contributed by atoms with Crippen LogP contribution >= 0.6 is 0 Å². The number of esters is 1. The number of H-pyrrole nitrogens is 1. The van der Waals surface area contributed by atoms with E-state index in [1.165, 1.54) is 0 Å². The minimum absolute atomic E-state index is 0.223. The van der Waals surface area contributed by atoms with Crippen molar-refractivity contribution in [2.75, 3.05) is 11.9 Å². The number of nitrogens with one attached hydrogen (secondary N) is 2. The maximum absolute atomic E-state index is 11.9. The Kier molecular flexibility index (Phi) is 5.16. The van der Waals surface area contributed by atoms with Gasteiger partial charge in [0.05, 0.1) is 17.8 Å². The van der Waals surface area contributed by atoms with Crippen LogP contribution in [0.5, 0.6) is 0 Å². The Hall–Kier alpha value is -3.68. The van der Waals surface area contributed by atoms with Crippen LogP contribution in [0.1, 0.15) is 23.7 Å². The number of fused-ring (bicyclic) bond motifs is 1. The van der Waals surface area contributed by atoms with Crippen LogP contribution in [0.15, 0.2) is 42.5 Å². The molecule has 2 aromatic carbocycles. The van der Waals surface area contributed by atoms with E-state index in [-0.39, 0.29) is 13.0 Å². The number of primary amides is 1. The summed E-state index contributed by atoms with van der Waals surface area (Å²) in [6.45, 7) is 1.90. The maximum atomic E-state index is 11.9. The number of nitrogens with two attached hydrogens (primary N) is 1. The van der Waals surface area contributed by atoms with Gasteiger partial charge in [0.25, 0.3) is 0 Å². The standard InChI is InChI=1S/C19H18N4O4/c1-2-27-17(25)10-16(24)21-13-5-3-4-11(8-13)18-14-9-12(19(20)26)6-7-15(14)22-23-18/h3-9H,2,10H2,1H3,(H2,20,26)(H,21,24)(H,22,23). The summed E-state index contributed by atoms with van der Waals surface area (Å²) in [6.07, 6.45) is -0.356. The van der Waals surface area contributed by atoms with Crippen LogP contribution in [0.3, 0.4) is 0 Å². The van der Waals surface area contributed by atoms with Gasteiger partial charge in [-0.3, -0.25) is 19.5 Å². The lowest BCUT2D eigenvalue weighted by atomic mass is 10.0. The highest BCUT2D eigenvalue weighted by Crippen LogP contribution is 2.28. The number of hydrogen-bond acceptors (Lipinski definition) is 5. The van der Waals surface area contributed by atoms with Crippen LogP contribution in [-0.2, 0) is 14.3 Å². The number of rotatable bonds is 6. The lowest BCUT2D eigenvalue weighted by Gasteiger charge is -2.07. The van der Waals surface area contributed by atoms with Gasteiger partial charge in [0.2, 0.25) is 11.8 Å². The summed E-state index contributed by atoms with van der Waals surface area (Å²) in [5.41, 5.74) is 8.35. The van der Waals surface area contributed by atoms with Crippen molar-refractivity contribution < 1.29 is 19.1 Å². The first kappa shape index (κ1) is 18.1. The largest absolute Gasteiger partial charge is 0.466 e. The third-order valence-corrected chi connectivity index (χ3v) is 3.88. The molecule has 1 aromatic heterocycles. The van der Waals surface area contributed by atoms with E-state index in [2.05, 4.69) is 15.5 Å². The van der Waals surface area contributed by atoms with Gasteiger partial charge in [-0.1, -0.05) is 12.1 Å². The van der Waals surface area contributed by atoms with Crippen molar-refractivity contribution in [2.45, 2.75) is 13.3 Å². The summed E-state index contributed by atoms with van der Waals surface area (Å²) < 4.78 is 4.76. The van der Waals surface area contributed by atoms with E-state index in [4.69, 9.17) is 10.5 Å². The second-order valence-corrected chi connectivity index (χ2v) is 5.81. The fourth-order valence-corrected chi connectivity index (χ4v) is 2.68. The maximum Gasteiger partial charge on any atom is 0.315 e. The third kappa shape index (κ3) is 4.12. The summed E-state index contributed by atoms with van der Waals surface area (Å²) in [6, 6.07) is 12.0.